The Hall–Kier alpha value is -1.59. The van der Waals surface area contributed by atoms with E-state index in [4.69, 9.17) is 0 Å². The summed E-state index contributed by atoms with van der Waals surface area (Å²) in [5.74, 6) is -0.00884. The summed E-state index contributed by atoms with van der Waals surface area (Å²) in [6.07, 6.45) is 2.78. The van der Waals surface area contributed by atoms with Gasteiger partial charge in [-0.1, -0.05) is 12.1 Å². The van der Waals surface area contributed by atoms with Crippen LogP contribution in [0, 0.1) is 0 Å². The van der Waals surface area contributed by atoms with Crippen LogP contribution >= 0.6 is 12.4 Å². The van der Waals surface area contributed by atoms with Crippen molar-refractivity contribution in [1.29, 1.82) is 0 Å². The molecule has 6 heteroatoms. The molecule has 116 valence electrons. The van der Waals surface area contributed by atoms with Crippen LogP contribution in [-0.4, -0.2) is 24.4 Å². The van der Waals surface area contributed by atoms with Crippen LogP contribution in [0.1, 0.15) is 31.7 Å². The number of carbonyl (C=O) groups is 2. The summed E-state index contributed by atoms with van der Waals surface area (Å²) in [5, 5.41) is 8.94. The summed E-state index contributed by atoms with van der Waals surface area (Å²) in [5.41, 5.74) is 1.79. The Morgan fingerprint density at radius 1 is 1.29 bits per heavy atom. The van der Waals surface area contributed by atoms with Crippen molar-refractivity contribution >= 4 is 29.9 Å². The lowest BCUT2D eigenvalue weighted by Gasteiger charge is -2.10. The molecule has 2 amide bonds. The topological polar surface area (TPSA) is 70.2 Å². The predicted molar refractivity (Wildman–Crippen MR) is 85.5 cm³/mol. The molecule has 1 unspecified atom stereocenters. The molecule has 21 heavy (non-hydrogen) atoms. The Bertz CT molecular complexity index is 470. The molecule has 1 aromatic carbocycles. The van der Waals surface area contributed by atoms with Crippen LogP contribution in [0.5, 0.6) is 0 Å². The largest absolute Gasteiger partial charge is 0.352 e. The molecule has 1 aliphatic rings. The molecule has 1 saturated heterocycles. The second-order valence-corrected chi connectivity index (χ2v) is 5.15. The van der Waals surface area contributed by atoms with Crippen LogP contribution in [0.3, 0.4) is 0 Å². The minimum atomic E-state index is -0.0879. The summed E-state index contributed by atoms with van der Waals surface area (Å²) in [4.78, 5) is 22.7. The van der Waals surface area contributed by atoms with Crippen molar-refractivity contribution in [3.05, 3.63) is 29.8 Å². The Labute approximate surface area is 131 Å². The highest BCUT2D eigenvalue weighted by Gasteiger charge is 2.17. The minimum Gasteiger partial charge on any atom is -0.352 e. The maximum atomic E-state index is 11.8. The lowest BCUT2D eigenvalue weighted by Crippen LogP contribution is -2.31. The molecule has 1 aliphatic heterocycles. The molecule has 1 atom stereocenters. The van der Waals surface area contributed by atoms with Gasteiger partial charge in [0, 0.05) is 31.6 Å². The van der Waals surface area contributed by atoms with Crippen molar-refractivity contribution in [3.63, 3.8) is 0 Å². The van der Waals surface area contributed by atoms with E-state index in [1.165, 1.54) is 6.92 Å². The average Bonchev–Trinajstić information content (AvgIpc) is 2.90. The molecule has 5 nitrogen and oxygen atoms in total. The van der Waals surface area contributed by atoms with E-state index >= 15 is 0 Å². The monoisotopic (exact) mass is 311 g/mol. The molecule has 0 aromatic heterocycles. The standard InChI is InChI=1S/C15H21N3O2.ClH/c1-11(19)18-13-6-4-12(5-7-13)10-17-15(20)9-14-3-2-8-16-14;/h4-7,14,16H,2-3,8-10H2,1H3,(H,17,20)(H,18,19);1H. The van der Waals surface area contributed by atoms with Gasteiger partial charge in [0.2, 0.25) is 11.8 Å². The lowest BCUT2D eigenvalue weighted by atomic mass is 10.1. The Morgan fingerprint density at radius 3 is 2.57 bits per heavy atom. The van der Waals surface area contributed by atoms with Crippen molar-refractivity contribution in [2.45, 2.75) is 38.8 Å². The van der Waals surface area contributed by atoms with E-state index in [1.807, 2.05) is 24.3 Å². The van der Waals surface area contributed by atoms with Gasteiger partial charge in [-0.05, 0) is 37.1 Å². The van der Waals surface area contributed by atoms with Gasteiger partial charge in [0.15, 0.2) is 0 Å². The molecule has 0 bridgehead atoms. The summed E-state index contributed by atoms with van der Waals surface area (Å²) >= 11 is 0. The third kappa shape index (κ3) is 6.14. The number of halogens is 1. The Balaban J connectivity index is 0.00000220. The van der Waals surface area contributed by atoms with Crippen LogP contribution in [0.15, 0.2) is 24.3 Å². The van der Waals surface area contributed by atoms with Gasteiger partial charge in [0.25, 0.3) is 0 Å². The zero-order valence-corrected chi connectivity index (χ0v) is 13.0. The zero-order chi connectivity index (χ0) is 14.4. The zero-order valence-electron chi connectivity index (χ0n) is 12.1. The summed E-state index contributed by atoms with van der Waals surface area (Å²) in [6.45, 7) is 3.01. The van der Waals surface area contributed by atoms with Crippen LogP contribution in [0.4, 0.5) is 5.69 Å². The first-order valence-corrected chi connectivity index (χ1v) is 7.00. The highest BCUT2D eigenvalue weighted by atomic mass is 35.5. The van der Waals surface area contributed by atoms with Crippen molar-refractivity contribution < 1.29 is 9.59 Å². The van der Waals surface area contributed by atoms with Gasteiger partial charge < -0.3 is 16.0 Å². The van der Waals surface area contributed by atoms with Gasteiger partial charge in [-0.3, -0.25) is 9.59 Å². The molecule has 2 rings (SSSR count). The number of nitrogens with one attached hydrogen (secondary N) is 3. The first-order valence-electron chi connectivity index (χ1n) is 7.00. The number of carbonyl (C=O) groups excluding carboxylic acids is 2. The number of hydrogen-bond donors (Lipinski definition) is 3. The van der Waals surface area contributed by atoms with E-state index in [0.717, 1.165) is 30.6 Å². The maximum absolute atomic E-state index is 11.8. The normalized spacial score (nSPS) is 16.9. The van der Waals surface area contributed by atoms with Gasteiger partial charge in [-0.2, -0.15) is 0 Å². The van der Waals surface area contributed by atoms with Crippen molar-refractivity contribution in [2.24, 2.45) is 0 Å². The first kappa shape index (κ1) is 17.5. The van der Waals surface area contributed by atoms with Crippen LogP contribution in [-0.2, 0) is 16.1 Å². The highest BCUT2D eigenvalue weighted by molar-refractivity contribution is 5.88. The van der Waals surface area contributed by atoms with Gasteiger partial charge in [0.05, 0.1) is 0 Å². The van der Waals surface area contributed by atoms with Crippen LogP contribution in [0.25, 0.3) is 0 Å². The molecule has 1 heterocycles. The predicted octanol–water partition coefficient (Wildman–Crippen LogP) is 1.83. The highest BCUT2D eigenvalue weighted by Crippen LogP contribution is 2.10. The molecular weight excluding hydrogens is 290 g/mol. The van der Waals surface area contributed by atoms with Gasteiger partial charge in [-0.15, -0.1) is 12.4 Å². The number of amides is 2. The summed E-state index contributed by atoms with van der Waals surface area (Å²) < 4.78 is 0. The maximum Gasteiger partial charge on any atom is 0.221 e. The number of benzene rings is 1. The third-order valence-corrected chi connectivity index (χ3v) is 3.36. The Kier molecular flexibility index (Phi) is 7.19. The van der Waals surface area contributed by atoms with Crippen LogP contribution < -0.4 is 16.0 Å². The SMILES string of the molecule is CC(=O)Nc1ccc(CNC(=O)CC2CCCN2)cc1.Cl. The Morgan fingerprint density at radius 2 is 2.00 bits per heavy atom. The van der Waals surface area contributed by atoms with E-state index in [0.29, 0.717) is 19.0 Å². The molecule has 1 aromatic rings. The second-order valence-electron chi connectivity index (χ2n) is 5.15. The fourth-order valence-electron chi connectivity index (χ4n) is 2.34. The molecular formula is C15H22ClN3O2. The quantitative estimate of drug-likeness (QED) is 0.777. The van der Waals surface area contributed by atoms with Gasteiger partial charge in [-0.25, -0.2) is 0 Å². The van der Waals surface area contributed by atoms with Gasteiger partial charge >= 0.3 is 0 Å². The second kappa shape index (κ2) is 8.64. The molecule has 0 radical (unpaired) electrons. The van der Waals surface area contributed by atoms with Crippen LogP contribution in [0.2, 0.25) is 0 Å². The van der Waals surface area contributed by atoms with Crippen molar-refractivity contribution in [3.8, 4) is 0 Å². The third-order valence-electron chi connectivity index (χ3n) is 3.36. The molecule has 0 saturated carbocycles. The smallest absolute Gasteiger partial charge is 0.221 e. The molecule has 0 spiro atoms. The van der Waals surface area contributed by atoms with Crippen molar-refractivity contribution in [2.75, 3.05) is 11.9 Å². The summed E-state index contributed by atoms with van der Waals surface area (Å²) in [6, 6.07) is 7.80. The minimum absolute atomic E-state index is 0. The number of rotatable bonds is 5. The lowest BCUT2D eigenvalue weighted by molar-refractivity contribution is -0.121. The fourth-order valence-corrected chi connectivity index (χ4v) is 2.34. The number of anilines is 1. The van der Waals surface area contributed by atoms with E-state index in [1.54, 1.807) is 0 Å². The van der Waals surface area contributed by atoms with E-state index in [2.05, 4.69) is 16.0 Å². The average molecular weight is 312 g/mol. The van der Waals surface area contributed by atoms with E-state index in [9.17, 15) is 9.59 Å². The fraction of sp³-hybridized carbons (Fsp3) is 0.467. The number of hydrogen-bond acceptors (Lipinski definition) is 3. The molecule has 1 fully saturated rings. The molecule has 3 N–H and O–H groups in total. The van der Waals surface area contributed by atoms with Crippen molar-refractivity contribution in [1.82, 2.24) is 10.6 Å². The van der Waals surface area contributed by atoms with Gasteiger partial charge in [0.1, 0.15) is 0 Å². The van der Waals surface area contributed by atoms with E-state index < -0.39 is 0 Å². The first-order chi connectivity index (χ1) is 9.63. The molecule has 0 aliphatic carbocycles. The van der Waals surface area contributed by atoms with E-state index in [-0.39, 0.29) is 24.2 Å². The summed E-state index contributed by atoms with van der Waals surface area (Å²) in [7, 11) is 0.